The van der Waals surface area contributed by atoms with Gasteiger partial charge < -0.3 is 14.9 Å². The third-order valence-electron chi connectivity index (χ3n) is 1.07. The monoisotopic (exact) mass is 146 g/mol. The topological polar surface area (TPSA) is 49.7 Å². The summed E-state index contributed by atoms with van der Waals surface area (Å²) in [6.45, 7) is 2.07. The molecule has 10 heavy (non-hydrogen) atoms. The van der Waals surface area contributed by atoms with E-state index in [1.54, 1.807) is 0 Å². The fraction of sp³-hybridized carbons (Fsp3) is 0.714. The zero-order chi connectivity index (χ0) is 7.82. The van der Waals surface area contributed by atoms with Gasteiger partial charge in [0.05, 0.1) is 19.8 Å². The second kappa shape index (κ2) is 6.74. The molecule has 0 aliphatic heterocycles. The average Bonchev–Trinajstić information content (AvgIpc) is 1.99. The summed E-state index contributed by atoms with van der Waals surface area (Å²) in [6, 6.07) is 0. The van der Waals surface area contributed by atoms with Gasteiger partial charge in [0.2, 0.25) is 0 Å². The predicted octanol–water partition coefficient (Wildman–Crippen LogP) is -0.0677. The van der Waals surface area contributed by atoms with Crippen LogP contribution in [0.5, 0.6) is 0 Å². The third-order valence-corrected chi connectivity index (χ3v) is 1.07. The molecular formula is C7H14O3. The Hall–Kier alpha value is -0.380. The zero-order valence-electron chi connectivity index (χ0n) is 6.16. The Morgan fingerprint density at radius 3 is 2.40 bits per heavy atom. The first-order valence-corrected chi connectivity index (χ1v) is 3.29. The van der Waals surface area contributed by atoms with Gasteiger partial charge in [-0.05, 0) is 6.92 Å². The number of rotatable bonds is 5. The minimum atomic E-state index is -0.434. The van der Waals surface area contributed by atoms with Crippen LogP contribution < -0.4 is 0 Å². The molecule has 0 aliphatic carbocycles. The first-order valence-electron chi connectivity index (χ1n) is 3.29. The van der Waals surface area contributed by atoms with E-state index in [-0.39, 0.29) is 13.2 Å². The number of hydrogen-bond donors (Lipinski definition) is 2. The molecule has 0 radical (unpaired) electrons. The van der Waals surface area contributed by atoms with Crippen LogP contribution in [0.15, 0.2) is 12.2 Å². The quantitative estimate of drug-likeness (QED) is 0.534. The van der Waals surface area contributed by atoms with Gasteiger partial charge in [-0.2, -0.15) is 0 Å². The minimum absolute atomic E-state index is 0.131. The van der Waals surface area contributed by atoms with Gasteiger partial charge in [0.1, 0.15) is 6.10 Å². The number of aliphatic hydroxyl groups excluding tert-OH is 2. The molecule has 0 rings (SSSR count). The van der Waals surface area contributed by atoms with Crippen molar-refractivity contribution in [1.82, 2.24) is 0 Å². The lowest BCUT2D eigenvalue weighted by molar-refractivity contribution is -0.00720. The summed E-state index contributed by atoms with van der Waals surface area (Å²) in [7, 11) is 0. The predicted molar refractivity (Wildman–Crippen MR) is 38.7 cm³/mol. The zero-order valence-corrected chi connectivity index (χ0v) is 6.16. The molecule has 0 aromatic rings. The highest BCUT2D eigenvalue weighted by atomic mass is 16.5. The van der Waals surface area contributed by atoms with Crippen LogP contribution in [0.3, 0.4) is 0 Å². The molecule has 3 nitrogen and oxygen atoms in total. The molecule has 0 saturated carbocycles. The van der Waals surface area contributed by atoms with E-state index in [0.29, 0.717) is 6.61 Å². The molecule has 0 atom stereocenters. The molecule has 0 amide bonds. The van der Waals surface area contributed by atoms with Crippen molar-refractivity contribution in [2.45, 2.75) is 13.0 Å². The second-order valence-electron chi connectivity index (χ2n) is 1.89. The van der Waals surface area contributed by atoms with Crippen LogP contribution in [0.1, 0.15) is 6.92 Å². The van der Waals surface area contributed by atoms with E-state index in [1.165, 1.54) is 0 Å². The molecule has 60 valence electrons. The summed E-state index contributed by atoms with van der Waals surface area (Å²) in [6.07, 6.45) is 3.24. The fourth-order valence-electron chi connectivity index (χ4n) is 0.451. The van der Waals surface area contributed by atoms with E-state index in [9.17, 15) is 0 Å². The molecule has 0 unspecified atom stereocenters. The van der Waals surface area contributed by atoms with E-state index in [1.807, 2.05) is 19.1 Å². The minimum Gasteiger partial charge on any atom is -0.394 e. The first-order chi connectivity index (χ1) is 4.85. The van der Waals surface area contributed by atoms with Crippen molar-refractivity contribution >= 4 is 0 Å². The molecule has 3 heteroatoms. The standard InChI is InChI=1S/C7H14O3/c1-2-3-4-10-7(5-8)6-9/h2-3,7-9H,4-6H2,1H3/b3-2+. The van der Waals surface area contributed by atoms with Crippen LogP contribution in [0.4, 0.5) is 0 Å². The maximum atomic E-state index is 8.52. The normalized spacial score (nSPS) is 11.6. The van der Waals surface area contributed by atoms with Gasteiger partial charge in [-0.3, -0.25) is 0 Å². The summed E-state index contributed by atoms with van der Waals surface area (Å²) in [4.78, 5) is 0. The molecule has 0 aromatic carbocycles. The van der Waals surface area contributed by atoms with Crippen molar-refractivity contribution in [2.24, 2.45) is 0 Å². The number of hydrogen-bond acceptors (Lipinski definition) is 3. The van der Waals surface area contributed by atoms with Gasteiger partial charge in [-0.15, -0.1) is 0 Å². The summed E-state index contributed by atoms with van der Waals surface area (Å²) < 4.78 is 4.99. The molecule has 0 aromatic heterocycles. The highest BCUT2D eigenvalue weighted by Crippen LogP contribution is 1.88. The van der Waals surface area contributed by atoms with E-state index in [0.717, 1.165) is 0 Å². The van der Waals surface area contributed by atoms with Crippen molar-refractivity contribution in [3.63, 3.8) is 0 Å². The smallest absolute Gasteiger partial charge is 0.104 e. The van der Waals surface area contributed by atoms with Crippen LogP contribution in [0.2, 0.25) is 0 Å². The Morgan fingerprint density at radius 2 is 2.00 bits per heavy atom. The van der Waals surface area contributed by atoms with Gasteiger partial charge in [0.25, 0.3) is 0 Å². The molecule has 0 fully saturated rings. The van der Waals surface area contributed by atoms with Gasteiger partial charge in [0, 0.05) is 0 Å². The Morgan fingerprint density at radius 1 is 1.40 bits per heavy atom. The first kappa shape index (κ1) is 9.62. The van der Waals surface area contributed by atoms with Crippen molar-refractivity contribution in [2.75, 3.05) is 19.8 Å². The van der Waals surface area contributed by atoms with Crippen LogP contribution in [0.25, 0.3) is 0 Å². The van der Waals surface area contributed by atoms with Gasteiger partial charge in [0.15, 0.2) is 0 Å². The number of aliphatic hydroxyl groups is 2. The number of allylic oxidation sites excluding steroid dienone is 1. The van der Waals surface area contributed by atoms with E-state index in [2.05, 4.69) is 0 Å². The van der Waals surface area contributed by atoms with Gasteiger partial charge >= 0.3 is 0 Å². The van der Waals surface area contributed by atoms with Crippen LogP contribution in [0, 0.1) is 0 Å². The highest BCUT2D eigenvalue weighted by molar-refractivity contribution is 4.76. The largest absolute Gasteiger partial charge is 0.394 e. The summed E-state index contributed by atoms with van der Waals surface area (Å²) in [5.74, 6) is 0. The average molecular weight is 146 g/mol. The van der Waals surface area contributed by atoms with Crippen molar-refractivity contribution in [3.05, 3.63) is 12.2 Å². The van der Waals surface area contributed by atoms with E-state index < -0.39 is 6.10 Å². The molecule has 0 spiro atoms. The van der Waals surface area contributed by atoms with Crippen LogP contribution in [-0.4, -0.2) is 36.1 Å². The Bertz CT molecular complexity index is 86.9. The maximum Gasteiger partial charge on any atom is 0.104 e. The van der Waals surface area contributed by atoms with Crippen molar-refractivity contribution in [3.8, 4) is 0 Å². The Labute approximate surface area is 60.9 Å². The van der Waals surface area contributed by atoms with E-state index in [4.69, 9.17) is 14.9 Å². The van der Waals surface area contributed by atoms with E-state index >= 15 is 0 Å². The lowest BCUT2D eigenvalue weighted by atomic mass is 10.4. The van der Waals surface area contributed by atoms with Crippen LogP contribution >= 0.6 is 0 Å². The molecule has 0 aliphatic rings. The van der Waals surface area contributed by atoms with Crippen molar-refractivity contribution in [1.29, 1.82) is 0 Å². The van der Waals surface area contributed by atoms with Gasteiger partial charge in [-0.25, -0.2) is 0 Å². The summed E-state index contributed by atoms with van der Waals surface area (Å²) >= 11 is 0. The lowest BCUT2D eigenvalue weighted by Gasteiger charge is -2.09. The molecular weight excluding hydrogens is 132 g/mol. The second-order valence-corrected chi connectivity index (χ2v) is 1.89. The van der Waals surface area contributed by atoms with Crippen LogP contribution in [-0.2, 0) is 4.74 Å². The Kier molecular flexibility index (Phi) is 6.48. The summed E-state index contributed by atoms with van der Waals surface area (Å²) in [5.41, 5.74) is 0. The SMILES string of the molecule is C/C=C/COC(CO)CO. The maximum absolute atomic E-state index is 8.52. The fourth-order valence-corrected chi connectivity index (χ4v) is 0.451. The third kappa shape index (κ3) is 4.49. The highest BCUT2D eigenvalue weighted by Gasteiger charge is 2.02. The lowest BCUT2D eigenvalue weighted by Crippen LogP contribution is -2.21. The molecule has 2 N–H and O–H groups in total. The number of ether oxygens (including phenoxy) is 1. The molecule has 0 saturated heterocycles. The summed E-state index contributed by atoms with van der Waals surface area (Å²) in [5, 5.41) is 17.0. The molecule has 0 bridgehead atoms. The Balaban J connectivity index is 3.25. The molecule has 0 heterocycles. The van der Waals surface area contributed by atoms with Crippen molar-refractivity contribution < 1.29 is 14.9 Å². The van der Waals surface area contributed by atoms with Gasteiger partial charge in [-0.1, -0.05) is 12.2 Å².